The largest absolute Gasteiger partial charge is 0.481 e. The van der Waals surface area contributed by atoms with Gasteiger partial charge in [-0.3, -0.25) is 14.4 Å². The van der Waals surface area contributed by atoms with Crippen LogP contribution in [0, 0.1) is 17.8 Å². The van der Waals surface area contributed by atoms with E-state index in [1.165, 1.54) is 13.8 Å². The first kappa shape index (κ1) is 28.8. The van der Waals surface area contributed by atoms with Crippen molar-refractivity contribution in [1.29, 1.82) is 0 Å². The third-order valence-electron chi connectivity index (χ3n) is 4.96. The molecule has 0 aromatic carbocycles. The lowest BCUT2D eigenvalue weighted by Gasteiger charge is -2.36. The highest BCUT2D eigenvalue weighted by molar-refractivity contribution is 5.87. The molecule has 0 radical (unpaired) electrons. The third kappa shape index (κ3) is 8.94. The van der Waals surface area contributed by atoms with E-state index in [0.717, 1.165) is 0 Å². The Morgan fingerprint density at radius 2 is 1.18 bits per heavy atom. The Bertz CT molecular complexity index is 802. The van der Waals surface area contributed by atoms with Crippen molar-refractivity contribution >= 4 is 29.8 Å². The Labute approximate surface area is 196 Å². The monoisotopic (exact) mass is 486 g/mol. The SMILES string of the molecule is C=C(C)C(=O)OCCOC(=O)C1CC(C(=O)O)C(C(=O)OCCOC(=O)C(=C)C)CC1OCO. The van der Waals surface area contributed by atoms with Crippen LogP contribution in [0.15, 0.2) is 24.3 Å². The number of hydrogen-bond acceptors (Lipinski definition) is 11. The molecule has 4 atom stereocenters. The summed E-state index contributed by atoms with van der Waals surface area (Å²) in [6, 6.07) is 0. The highest BCUT2D eigenvalue weighted by Gasteiger charge is 2.48. The van der Waals surface area contributed by atoms with Gasteiger partial charge < -0.3 is 33.9 Å². The Balaban J connectivity index is 2.74. The lowest BCUT2D eigenvalue weighted by Crippen LogP contribution is -2.47. The van der Waals surface area contributed by atoms with Crippen LogP contribution in [0.3, 0.4) is 0 Å². The Hall–Kier alpha value is -3.25. The second-order valence-corrected chi connectivity index (χ2v) is 7.63. The highest BCUT2D eigenvalue weighted by Crippen LogP contribution is 2.37. The topological polar surface area (TPSA) is 172 Å². The minimum Gasteiger partial charge on any atom is -0.481 e. The Kier molecular flexibility index (Phi) is 11.9. The standard InChI is InChI=1S/C22H30O12/c1-12(2)19(26)30-5-7-32-21(28)15-10-17(34-11-23)16(9-14(15)18(24)25)22(29)33-8-6-31-20(27)13(3)4/h14-17,23H,1,3,5-11H2,2,4H3,(H,24,25). The molecule has 1 aliphatic rings. The maximum Gasteiger partial charge on any atom is 0.333 e. The molecular weight excluding hydrogens is 456 g/mol. The predicted molar refractivity (Wildman–Crippen MR) is 113 cm³/mol. The van der Waals surface area contributed by atoms with E-state index in [1.807, 2.05) is 0 Å². The predicted octanol–water partition coefficient (Wildman–Crippen LogP) is 0.373. The first-order valence-electron chi connectivity index (χ1n) is 10.4. The summed E-state index contributed by atoms with van der Waals surface area (Å²) < 4.78 is 24.9. The zero-order valence-corrected chi connectivity index (χ0v) is 19.2. The van der Waals surface area contributed by atoms with E-state index in [2.05, 4.69) is 13.2 Å². The van der Waals surface area contributed by atoms with Gasteiger partial charge in [0.15, 0.2) is 0 Å². The first-order chi connectivity index (χ1) is 16.0. The lowest BCUT2D eigenvalue weighted by molar-refractivity contribution is -0.179. The molecule has 1 aliphatic carbocycles. The first-order valence-corrected chi connectivity index (χ1v) is 10.4. The average molecular weight is 486 g/mol. The summed E-state index contributed by atoms with van der Waals surface area (Å²) in [5.74, 6) is -7.90. The summed E-state index contributed by atoms with van der Waals surface area (Å²) in [6.07, 6.45) is -1.56. The van der Waals surface area contributed by atoms with Crippen LogP contribution in [0.25, 0.3) is 0 Å². The van der Waals surface area contributed by atoms with Gasteiger partial charge in [-0.1, -0.05) is 13.2 Å². The quantitative estimate of drug-likeness (QED) is 0.121. The molecule has 0 amide bonds. The minimum absolute atomic E-state index is 0.167. The highest BCUT2D eigenvalue weighted by atomic mass is 16.6. The molecule has 0 bridgehead atoms. The van der Waals surface area contributed by atoms with Crippen LogP contribution in [-0.2, 0) is 47.7 Å². The summed E-state index contributed by atoms with van der Waals surface area (Å²) in [7, 11) is 0. The molecule has 1 fully saturated rings. The zero-order valence-electron chi connectivity index (χ0n) is 19.2. The number of hydrogen-bond donors (Lipinski definition) is 2. The molecule has 4 unspecified atom stereocenters. The molecule has 34 heavy (non-hydrogen) atoms. The summed E-state index contributed by atoms with van der Waals surface area (Å²) >= 11 is 0. The van der Waals surface area contributed by atoms with E-state index >= 15 is 0 Å². The maximum absolute atomic E-state index is 12.5. The van der Waals surface area contributed by atoms with Gasteiger partial charge in [0.05, 0.1) is 23.9 Å². The van der Waals surface area contributed by atoms with Gasteiger partial charge in [-0.2, -0.15) is 0 Å². The van der Waals surface area contributed by atoms with E-state index in [1.54, 1.807) is 0 Å². The van der Waals surface area contributed by atoms with Crippen LogP contribution in [0.5, 0.6) is 0 Å². The van der Waals surface area contributed by atoms with Crippen molar-refractivity contribution in [2.45, 2.75) is 32.8 Å². The van der Waals surface area contributed by atoms with E-state index in [9.17, 15) is 34.2 Å². The molecule has 0 aromatic heterocycles. The van der Waals surface area contributed by atoms with Crippen LogP contribution in [0.2, 0.25) is 0 Å². The molecule has 0 aromatic rings. The van der Waals surface area contributed by atoms with E-state index in [0.29, 0.717) is 0 Å². The minimum atomic E-state index is -1.33. The molecule has 12 heteroatoms. The summed E-state index contributed by atoms with van der Waals surface area (Å²) in [4.78, 5) is 59.5. The fourth-order valence-electron chi connectivity index (χ4n) is 3.24. The summed E-state index contributed by atoms with van der Waals surface area (Å²) in [5, 5.41) is 18.8. The number of carbonyl (C=O) groups is 5. The van der Waals surface area contributed by atoms with Crippen molar-refractivity contribution in [3.8, 4) is 0 Å². The summed E-state index contributed by atoms with van der Waals surface area (Å²) in [5.41, 5.74) is 0.340. The number of carbonyl (C=O) groups excluding carboxylic acids is 4. The number of esters is 4. The number of ether oxygens (including phenoxy) is 5. The van der Waals surface area contributed by atoms with Gasteiger partial charge in [0, 0.05) is 11.1 Å². The molecule has 1 rings (SSSR count). The van der Waals surface area contributed by atoms with Crippen LogP contribution >= 0.6 is 0 Å². The van der Waals surface area contributed by atoms with Gasteiger partial charge >= 0.3 is 29.8 Å². The van der Waals surface area contributed by atoms with E-state index in [-0.39, 0.29) is 50.4 Å². The van der Waals surface area contributed by atoms with Crippen molar-refractivity contribution in [2.24, 2.45) is 17.8 Å². The van der Waals surface area contributed by atoms with Gasteiger partial charge in [0.1, 0.15) is 33.2 Å². The second kappa shape index (κ2) is 14.1. The molecule has 0 heterocycles. The van der Waals surface area contributed by atoms with Crippen molar-refractivity contribution in [1.82, 2.24) is 0 Å². The zero-order chi connectivity index (χ0) is 25.8. The molecule has 2 N–H and O–H groups in total. The number of aliphatic hydroxyl groups excluding tert-OH is 1. The lowest BCUT2D eigenvalue weighted by atomic mass is 9.72. The molecule has 1 saturated carbocycles. The number of aliphatic carboxylic acids is 1. The Morgan fingerprint density at radius 3 is 1.59 bits per heavy atom. The van der Waals surface area contributed by atoms with Gasteiger partial charge in [0.2, 0.25) is 0 Å². The van der Waals surface area contributed by atoms with E-state index in [4.69, 9.17) is 23.7 Å². The number of rotatable bonds is 13. The molecule has 190 valence electrons. The van der Waals surface area contributed by atoms with Crippen LogP contribution in [-0.4, -0.2) is 79.4 Å². The van der Waals surface area contributed by atoms with Gasteiger partial charge in [-0.15, -0.1) is 0 Å². The van der Waals surface area contributed by atoms with Crippen molar-refractivity contribution in [2.75, 3.05) is 33.2 Å². The van der Waals surface area contributed by atoms with E-state index < -0.39 is 60.5 Å². The van der Waals surface area contributed by atoms with Crippen LogP contribution < -0.4 is 0 Å². The fraction of sp³-hybridized carbons (Fsp3) is 0.591. The van der Waals surface area contributed by atoms with Gasteiger partial charge in [-0.05, 0) is 26.7 Å². The second-order valence-electron chi connectivity index (χ2n) is 7.63. The van der Waals surface area contributed by atoms with Crippen molar-refractivity contribution < 1.29 is 57.9 Å². The average Bonchev–Trinajstić information content (AvgIpc) is 2.78. The molecular formula is C22H30O12. The Morgan fingerprint density at radius 1 is 0.735 bits per heavy atom. The molecule has 0 spiro atoms. The number of carboxylic acid groups (broad SMARTS) is 1. The van der Waals surface area contributed by atoms with Crippen molar-refractivity contribution in [3.63, 3.8) is 0 Å². The van der Waals surface area contributed by atoms with Crippen molar-refractivity contribution in [3.05, 3.63) is 24.3 Å². The van der Waals surface area contributed by atoms with Gasteiger partial charge in [-0.25, -0.2) is 9.59 Å². The normalized spacial score (nSPS) is 21.6. The molecule has 0 saturated heterocycles. The number of carboxylic acids is 1. The van der Waals surface area contributed by atoms with Crippen LogP contribution in [0.1, 0.15) is 26.7 Å². The molecule has 0 aliphatic heterocycles. The van der Waals surface area contributed by atoms with Crippen LogP contribution in [0.4, 0.5) is 0 Å². The number of aliphatic hydroxyl groups is 1. The fourth-order valence-corrected chi connectivity index (χ4v) is 3.24. The van der Waals surface area contributed by atoms with Gasteiger partial charge in [0.25, 0.3) is 0 Å². The molecule has 12 nitrogen and oxygen atoms in total. The maximum atomic E-state index is 12.5. The smallest absolute Gasteiger partial charge is 0.333 e. The summed E-state index contributed by atoms with van der Waals surface area (Å²) in [6.45, 7) is 7.88. The third-order valence-corrected chi connectivity index (χ3v) is 4.96.